The van der Waals surface area contributed by atoms with Crippen molar-refractivity contribution in [2.75, 3.05) is 26.3 Å². The fraction of sp³-hybridized carbons (Fsp3) is 0.357. The van der Waals surface area contributed by atoms with Crippen molar-refractivity contribution < 1.29 is 13.9 Å². The van der Waals surface area contributed by atoms with Gasteiger partial charge in [0.2, 0.25) is 0 Å². The Morgan fingerprint density at radius 1 is 1.33 bits per heavy atom. The zero-order chi connectivity index (χ0) is 14.8. The lowest BCUT2D eigenvalue weighted by Gasteiger charge is -2.25. The molecular formula is C14H15FN4O2. The van der Waals surface area contributed by atoms with Gasteiger partial charge in [-0.05, 0) is 30.7 Å². The van der Waals surface area contributed by atoms with Gasteiger partial charge in [-0.1, -0.05) is 5.21 Å². The molecule has 1 aromatic carbocycles. The van der Waals surface area contributed by atoms with Crippen LogP contribution in [0.3, 0.4) is 0 Å². The quantitative estimate of drug-likeness (QED) is 0.833. The maximum absolute atomic E-state index is 13.3. The number of rotatable bonds is 2. The van der Waals surface area contributed by atoms with Gasteiger partial charge < -0.3 is 9.64 Å². The lowest BCUT2D eigenvalue weighted by molar-refractivity contribution is 0.0299. The van der Waals surface area contributed by atoms with E-state index in [1.807, 2.05) is 0 Å². The number of amides is 1. The second-order valence-electron chi connectivity index (χ2n) is 4.89. The van der Waals surface area contributed by atoms with Gasteiger partial charge in [0.25, 0.3) is 5.91 Å². The first-order chi connectivity index (χ1) is 10.1. The smallest absolute Gasteiger partial charge is 0.276 e. The van der Waals surface area contributed by atoms with Crippen LogP contribution >= 0.6 is 0 Å². The average Bonchev–Trinajstić information content (AvgIpc) is 3.00. The van der Waals surface area contributed by atoms with Gasteiger partial charge >= 0.3 is 0 Å². The lowest BCUT2D eigenvalue weighted by Crippen LogP contribution is -2.40. The first kappa shape index (κ1) is 13.7. The van der Waals surface area contributed by atoms with E-state index in [1.165, 1.54) is 10.7 Å². The number of nitrogens with zero attached hydrogens (tertiary/aromatic N) is 4. The summed E-state index contributed by atoms with van der Waals surface area (Å²) in [4.78, 5) is 13.9. The summed E-state index contributed by atoms with van der Waals surface area (Å²) in [5, 5.41) is 7.85. The predicted molar refractivity (Wildman–Crippen MR) is 72.8 cm³/mol. The Hall–Kier alpha value is -2.28. The van der Waals surface area contributed by atoms with Crippen LogP contribution in [0, 0.1) is 12.7 Å². The molecule has 0 aliphatic carbocycles. The van der Waals surface area contributed by atoms with Gasteiger partial charge in [-0.25, -0.2) is 9.07 Å². The predicted octanol–water partition coefficient (Wildman–Crippen LogP) is 1.19. The highest BCUT2D eigenvalue weighted by atomic mass is 19.1. The molecule has 0 N–H and O–H groups in total. The van der Waals surface area contributed by atoms with Crippen molar-refractivity contribution in [2.24, 2.45) is 0 Å². The number of aromatic nitrogens is 3. The Balaban J connectivity index is 1.82. The third-order valence-corrected chi connectivity index (χ3v) is 3.42. The molecule has 0 atom stereocenters. The minimum absolute atomic E-state index is 0.164. The van der Waals surface area contributed by atoms with Crippen molar-refractivity contribution in [1.82, 2.24) is 19.9 Å². The van der Waals surface area contributed by atoms with Gasteiger partial charge in [-0.2, -0.15) is 0 Å². The van der Waals surface area contributed by atoms with E-state index in [4.69, 9.17) is 4.74 Å². The Labute approximate surface area is 121 Å². The highest BCUT2D eigenvalue weighted by molar-refractivity contribution is 5.92. The van der Waals surface area contributed by atoms with E-state index >= 15 is 0 Å². The van der Waals surface area contributed by atoms with Crippen molar-refractivity contribution in [3.8, 4) is 5.69 Å². The summed E-state index contributed by atoms with van der Waals surface area (Å²) < 4.78 is 20.0. The van der Waals surface area contributed by atoms with Crippen molar-refractivity contribution in [3.05, 3.63) is 41.5 Å². The van der Waals surface area contributed by atoms with Crippen LogP contribution in [0.1, 0.15) is 16.1 Å². The summed E-state index contributed by atoms with van der Waals surface area (Å²) in [7, 11) is 0. The second kappa shape index (κ2) is 5.61. The molecule has 2 aromatic rings. The van der Waals surface area contributed by atoms with E-state index in [1.54, 1.807) is 30.2 Å². The molecule has 6 nitrogen and oxygen atoms in total. The molecule has 0 bridgehead atoms. The zero-order valence-electron chi connectivity index (χ0n) is 11.6. The molecule has 3 rings (SSSR count). The van der Waals surface area contributed by atoms with Crippen molar-refractivity contribution in [1.29, 1.82) is 0 Å². The van der Waals surface area contributed by atoms with Crippen LogP contribution in [0.5, 0.6) is 0 Å². The van der Waals surface area contributed by atoms with E-state index in [-0.39, 0.29) is 17.4 Å². The number of halogens is 1. The molecule has 21 heavy (non-hydrogen) atoms. The van der Waals surface area contributed by atoms with Gasteiger partial charge in [0.1, 0.15) is 5.82 Å². The third kappa shape index (κ3) is 2.78. The summed E-state index contributed by atoms with van der Waals surface area (Å²) in [6.45, 7) is 3.87. The van der Waals surface area contributed by atoms with Gasteiger partial charge in [0.15, 0.2) is 5.69 Å². The molecule has 0 spiro atoms. The van der Waals surface area contributed by atoms with Crippen LogP contribution in [-0.4, -0.2) is 52.1 Å². The Kier molecular flexibility index (Phi) is 3.66. The summed E-state index contributed by atoms with van der Waals surface area (Å²) in [6.07, 6.45) is 1.56. The number of carbonyl (C=O) groups excluding carboxylic acids is 1. The normalized spacial score (nSPS) is 15.2. The highest BCUT2D eigenvalue weighted by Crippen LogP contribution is 2.13. The Bertz CT molecular complexity index is 665. The number of benzene rings is 1. The first-order valence-electron chi connectivity index (χ1n) is 6.71. The highest BCUT2D eigenvalue weighted by Gasteiger charge is 2.21. The average molecular weight is 290 g/mol. The Morgan fingerprint density at radius 2 is 2.10 bits per heavy atom. The first-order valence-corrected chi connectivity index (χ1v) is 6.71. The molecule has 1 aromatic heterocycles. The second-order valence-corrected chi connectivity index (χ2v) is 4.89. The summed E-state index contributed by atoms with van der Waals surface area (Å²) >= 11 is 0. The molecule has 1 fully saturated rings. The largest absolute Gasteiger partial charge is 0.378 e. The van der Waals surface area contributed by atoms with Crippen molar-refractivity contribution in [3.63, 3.8) is 0 Å². The van der Waals surface area contributed by atoms with E-state index in [2.05, 4.69) is 10.3 Å². The molecule has 1 aliphatic heterocycles. The van der Waals surface area contributed by atoms with E-state index < -0.39 is 0 Å². The molecular weight excluding hydrogens is 275 g/mol. The van der Waals surface area contributed by atoms with Crippen LogP contribution in [0.2, 0.25) is 0 Å². The number of aryl methyl sites for hydroxylation is 1. The summed E-state index contributed by atoms with van der Waals surface area (Å²) in [6, 6.07) is 4.63. The fourth-order valence-corrected chi connectivity index (χ4v) is 2.19. The molecule has 1 saturated heterocycles. The third-order valence-electron chi connectivity index (χ3n) is 3.42. The van der Waals surface area contributed by atoms with E-state index in [9.17, 15) is 9.18 Å². The summed E-state index contributed by atoms with van der Waals surface area (Å²) in [5.41, 5.74) is 1.46. The lowest BCUT2D eigenvalue weighted by atomic mass is 10.2. The van der Waals surface area contributed by atoms with Crippen LogP contribution in [0.25, 0.3) is 5.69 Å². The standard InChI is InChI=1S/C14H15FN4O2/c1-10-8-11(2-3-12(10)15)19-9-13(16-17-19)14(20)18-4-6-21-7-5-18/h2-3,8-9H,4-7H2,1H3. The number of morpholine rings is 1. The SMILES string of the molecule is Cc1cc(-n2cc(C(=O)N3CCOCC3)nn2)ccc1F. The molecule has 0 radical (unpaired) electrons. The monoisotopic (exact) mass is 290 g/mol. The molecule has 1 aliphatic rings. The Morgan fingerprint density at radius 3 is 2.81 bits per heavy atom. The van der Waals surface area contributed by atoms with Gasteiger partial charge in [-0.3, -0.25) is 4.79 Å². The molecule has 1 amide bonds. The van der Waals surface area contributed by atoms with Crippen molar-refractivity contribution in [2.45, 2.75) is 6.92 Å². The minimum atomic E-state index is -0.275. The minimum Gasteiger partial charge on any atom is -0.378 e. The van der Waals surface area contributed by atoms with Crippen LogP contribution in [-0.2, 0) is 4.74 Å². The molecule has 0 unspecified atom stereocenters. The maximum atomic E-state index is 13.3. The van der Waals surface area contributed by atoms with E-state index in [0.29, 0.717) is 37.6 Å². The van der Waals surface area contributed by atoms with Gasteiger partial charge in [-0.15, -0.1) is 5.10 Å². The fourth-order valence-electron chi connectivity index (χ4n) is 2.19. The molecule has 2 heterocycles. The van der Waals surface area contributed by atoms with Crippen LogP contribution in [0.4, 0.5) is 4.39 Å². The van der Waals surface area contributed by atoms with E-state index in [0.717, 1.165) is 0 Å². The number of ether oxygens (including phenoxy) is 1. The molecule has 110 valence electrons. The van der Waals surface area contributed by atoms with Gasteiger partial charge in [0.05, 0.1) is 25.1 Å². The van der Waals surface area contributed by atoms with Crippen LogP contribution < -0.4 is 0 Å². The molecule has 7 heteroatoms. The number of hydrogen-bond donors (Lipinski definition) is 0. The summed E-state index contributed by atoms with van der Waals surface area (Å²) in [5.74, 6) is -0.438. The maximum Gasteiger partial charge on any atom is 0.276 e. The van der Waals surface area contributed by atoms with Gasteiger partial charge in [0, 0.05) is 13.1 Å². The zero-order valence-corrected chi connectivity index (χ0v) is 11.6. The van der Waals surface area contributed by atoms with Crippen LogP contribution in [0.15, 0.2) is 24.4 Å². The molecule has 0 saturated carbocycles. The van der Waals surface area contributed by atoms with Crippen molar-refractivity contribution >= 4 is 5.91 Å². The number of carbonyl (C=O) groups is 1. The topological polar surface area (TPSA) is 60.2 Å². The number of hydrogen-bond acceptors (Lipinski definition) is 4.